The van der Waals surface area contributed by atoms with E-state index in [9.17, 15) is 9.90 Å². The van der Waals surface area contributed by atoms with Crippen molar-refractivity contribution in [3.05, 3.63) is 0 Å². The highest BCUT2D eigenvalue weighted by Gasteiger charge is 2.34. The molecule has 18 heavy (non-hydrogen) atoms. The maximum atomic E-state index is 11.4. The van der Waals surface area contributed by atoms with Crippen molar-refractivity contribution in [3.8, 4) is 0 Å². The molecule has 0 bridgehead atoms. The van der Waals surface area contributed by atoms with Gasteiger partial charge in [0.15, 0.2) is 5.60 Å². The molecular weight excluding hydrogens is 232 g/mol. The third kappa shape index (κ3) is 3.93. The molecule has 0 aromatic carbocycles. The minimum absolute atomic E-state index is 0.341. The Kier molecular flexibility index (Phi) is 5.56. The second-order valence-electron chi connectivity index (χ2n) is 5.33. The van der Waals surface area contributed by atoms with E-state index in [4.69, 9.17) is 0 Å². The van der Waals surface area contributed by atoms with Crippen molar-refractivity contribution < 1.29 is 14.6 Å². The summed E-state index contributed by atoms with van der Waals surface area (Å²) in [6.07, 6.45) is 1.15. The third-order valence-electron chi connectivity index (χ3n) is 3.78. The number of hydrogen-bond donors (Lipinski definition) is 1. The zero-order valence-corrected chi connectivity index (χ0v) is 12.0. The second-order valence-corrected chi connectivity index (χ2v) is 5.33. The highest BCUT2D eigenvalue weighted by Crippen LogP contribution is 2.13. The van der Waals surface area contributed by atoms with Crippen LogP contribution in [-0.4, -0.2) is 72.4 Å². The van der Waals surface area contributed by atoms with Crippen LogP contribution in [0, 0.1) is 0 Å². The summed E-state index contributed by atoms with van der Waals surface area (Å²) in [5.41, 5.74) is -1.41. The molecular formula is C13H26N2O3. The standard InChI is InChI=1S/C13H26N2O3/c1-5-11(2)15-8-6-14(7-9-15)10-13(3,17)12(16)18-4/h11,17H,5-10H2,1-4H3. The Balaban J connectivity index is 2.42. The predicted molar refractivity (Wildman–Crippen MR) is 70.4 cm³/mol. The number of methoxy groups -OCH3 is 1. The number of esters is 1. The van der Waals surface area contributed by atoms with E-state index in [-0.39, 0.29) is 0 Å². The van der Waals surface area contributed by atoms with Gasteiger partial charge in [-0.3, -0.25) is 9.80 Å². The van der Waals surface area contributed by atoms with Crippen molar-refractivity contribution in [2.75, 3.05) is 39.8 Å². The van der Waals surface area contributed by atoms with Crippen LogP contribution in [0.3, 0.4) is 0 Å². The topological polar surface area (TPSA) is 53.0 Å². The molecule has 1 saturated heterocycles. The van der Waals surface area contributed by atoms with Gasteiger partial charge in [-0.2, -0.15) is 0 Å². The zero-order chi connectivity index (χ0) is 13.8. The van der Waals surface area contributed by atoms with Crippen LogP contribution in [0.1, 0.15) is 27.2 Å². The Morgan fingerprint density at radius 2 is 1.94 bits per heavy atom. The Morgan fingerprint density at radius 3 is 2.39 bits per heavy atom. The molecule has 2 atom stereocenters. The molecule has 0 aliphatic carbocycles. The first-order chi connectivity index (χ1) is 8.40. The van der Waals surface area contributed by atoms with Crippen LogP contribution >= 0.6 is 0 Å². The Hall–Kier alpha value is -0.650. The molecule has 5 heteroatoms. The van der Waals surface area contributed by atoms with Crippen molar-refractivity contribution in [3.63, 3.8) is 0 Å². The van der Waals surface area contributed by atoms with E-state index >= 15 is 0 Å². The summed E-state index contributed by atoms with van der Waals surface area (Å²) in [6, 6.07) is 0.605. The highest BCUT2D eigenvalue weighted by atomic mass is 16.5. The van der Waals surface area contributed by atoms with Crippen molar-refractivity contribution in [2.24, 2.45) is 0 Å². The first kappa shape index (κ1) is 15.4. The molecule has 0 radical (unpaired) electrons. The normalized spacial score (nSPS) is 23.4. The average molecular weight is 258 g/mol. The van der Waals surface area contributed by atoms with Gasteiger partial charge in [0.2, 0.25) is 0 Å². The largest absolute Gasteiger partial charge is 0.467 e. The number of carbonyl (C=O) groups excluding carboxylic acids is 1. The summed E-state index contributed by atoms with van der Waals surface area (Å²) in [4.78, 5) is 16.0. The van der Waals surface area contributed by atoms with Gasteiger partial charge in [-0.15, -0.1) is 0 Å². The summed E-state index contributed by atoms with van der Waals surface area (Å²) in [5.74, 6) is -0.563. The number of piperazine rings is 1. The summed E-state index contributed by atoms with van der Waals surface area (Å²) in [7, 11) is 1.30. The number of aliphatic hydroxyl groups is 1. The van der Waals surface area contributed by atoms with Crippen LogP contribution in [-0.2, 0) is 9.53 Å². The van der Waals surface area contributed by atoms with Gasteiger partial charge in [-0.25, -0.2) is 4.79 Å². The number of carbonyl (C=O) groups is 1. The smallest absolute Gasteiger partial charge is 0.338 e. The fraction of sp³-hybridized carbons (Fsp3) is 0.923. The Morgan fingerprint density at radius 1 is 1.39 bits per heavy atom. The SMILES string of the molecule is CCC(C)N1CCN(CC(C)(O)C(=O)OC)CC1. The quantitative estimate of drug-likeness (QED) is 0.720. The van der Waals surface area contributed by atoms with Crippen LogP contribution in [0.15, 0.2) is 0 Å². The van der Waals surface area contributed by atoms with Crippen LogP contribution in [0.5, 0.6) is 0 Å². The van der Waals surface area contributed by atoms with Crippen molar-refractivity contribution in [2.45, 2.75) is 38.8 Å². The van der Waals surface area contributed by atoms with Gasteiger partial charge in [-0.05, 0) is 20.3 Å². The lowest BCUT2D eigenvalue weighted by Gasteiger charge is -2.39. The maximum absolute atomic E-state index is 11.4. The molecule has 0 aromatic heterocycles. The van der Waals surface area contributed by atoms with Crippen molar-refractivity contribution in [1.82, 2.24) is 9.80 Å². The van der Waals surface area contributed by atoms with Crippen LogP contribution < -0.4 is 0 Å². The monoisotopic (exact) mass is 258 g/mol. The van der Waals surface area contributed by atoms with Crippen molar-refractivity contribution >= 4 is 5.97 Å². The maximum Gasteiger partial charge on any atom is 0.338 e. The third-order valence-corrected chi connectivity index (χ3v) is 3.78. The molecule has 1 N–H and O–H groups in total. The molecule has 1 rings (SSSR count). The summed E-state index contributed by atoms with van der Waals surface area (Å²) in [5, 5.41) is 10.0. The zero-order valence-electron chi connectivity index (χ0n) is 12.0. The lowest BCUT2D eigenvalue weighted by molar-refractivity contribution is -0.162. The molecule has 0 saturated carbocycles. The predicted octanol–water partition coefficient (Wildman–Crippen LogP) is 0.327. The lowest BCUT2D eigenvalue weighted by atomic mass is 10.1. The second kappa shape index (κ2) is 6.50. The molecule has 1 aliphatic heterocycles. The van der Waals surface area contributed by atoms with Gasteiger partial charge < -0.3 is 9.84 Å². The molecule has 106 valence electrons. The number of hydrogen-bond acceptors (Lipinski definition) is 5. The van der Waals surface area contributed by atoms with Gasteiger partial charge in [0.25, 0.3) is 0 Å². The van der Waals surface area contributed by atoms with Gasteiger partial charge >= 0.3 is 5.97 Å². The average Bonchev–Trinajstić information content (AvgIpc) is 2.37. The summed E-state index contributed by atoms with van der Waals surface area (Å²) in [6.45, 7) is 10.0. The van der Waals surface area contributed by atoms with E-state index in [0.29, 0.717) is 12.6 Å². The molecule has 0 amide bonds. The van der Waals surface area contributed by atoms with Gasteiger partial charge in [0, 0.05) is 38.8 Å². The fourth-order valence-corrected chi connectivity index (χ4v) is 2.34. The lowest BCUT2D eigenvalue weighted by Crippen LogP contribution is -2.55. The van der Waals surface area contributed by atoms with Crippen LogP contribution in [0.25, 0.3) is 0 Å². The molecule has 2 unspecified atom stereocenters. The van der Waals surface area contributed by atoms with Gasteiger partial charge in [0.1, 0.15) is 0 Å². The van der Waals surface area contributed by atoms with Crippen molar-refractivity contribution in [1.29, 1.82) is 0 Å². The van der Waals surface area contributed by atoms with Crippen LogP contribution in [0.2, 0.25) is 0 Å². The van der Waals surface area contributed by atoms with E-state index in [2.05, 4.69) is 28.4 Å². The molecule has 1 fully saturated rings. The van der Waals surface area contributed by atoms with E-state index in [1.165, 1.54) is 14.0 Å². The molecule has 1 heterocycles. The van der Waals surface area contributed by atoms with E-state index < -0.39 is 11.6 Å². The molecule has 5 nitrogen and oxygen atoms in total. The van der Waals surface area contributed by atoms with Gasteiger partial charge in [0.05, 0.1) is 7.11 Å². The Bertz CT molecular complexity index is 273. The molecule has 0 aromatic rings. The first-order valence-electron chi connectivity index (χ1n) is 6.68. The number of ether oxygens (including phenoxy) is 1. The fourth-order valence-electron chi connectivity index (χ4n) is 2.34. The van der Waals surface area contributed by atoms with E-state index in [1.807, 2.05) is 0 Å². The van der Waals surface area contributed by atoms with E-state index in [0.717, 1.165) is 32.6 Å². The molecule has 1 aliphatic rings. The van der Waals surface area contributed by atoms with E-state index in [1.54, 1.807) is 0 Å². The number of rotatable bonds is 5. The minimum atomic E-state index is -1.41. The number of nitrogens with zero attached hydrogens (tertiary/aromatic N) is 2. The van der Waals surface area contributed by atoms with Gasteiger partial charge in [-0.1, -0.05) is 6.92 Å². The minimum Gasteiger partial charge on any atom is -0.467 e. The highest BCUT2D eigenvalue weighted by molar-refractivity contribution is 5.78. The number of β-amino-alcohol motifs (C(OH)–C–C–N with tert-alkyl or cyclic N) is 1. The first-order valence-corrected chi connectivity index (χ1v) is 6.68. The Labute approximate surface area is 110 Å². The summed E-state index contributed by atoms with van der Waals surface area (Å²) >= 11 is 0. The summed E-state index contributed by atoms with van der Waals surface area (Å²) < 4.78 is 4.61. The molecule has 0 spiro atoms. The van der Waals surface area contributed by atoms with Crippen LogP contribution in [0.4, 0.5) is 0 Å².